The summed E-state index contributed by atoms with van der Waals surface area (Å²) in [5.41, 5.74) is 2.34. The van der Waals surface area contributed by atoms with Gasteiger partial charge in [0.05, 0.1) is 19.5 Å². The summed E-state index contributed by atoms with van der Waals surface area (Å²) >= 11 is 0. The van der Waals surface area contributed by atoms with Crippen LogP contribution in [0.15, 0.2) is 12.1 Å². The fraction of sp³-hybridized carbons (Fsp3) is 0.619. The van der Waals surface area contributed by atoms with Crippen LogP contribution in [0.4, 0.5) is 0 Å². The van der Waals surface area contributed by atoms with E-state index in [4.69, 9.17) is 18.9 Å². The van der Waals surface area contributed by atoms with Gasteiger partial charge < -0.3 is 47.4 Å². The Morgan fingerprint density at radius 1 is 1.10 bits per heavy atom. The van der Waals surface area contributed by atoms with E-state index in [1.165, 1.54) is 19.4 Å². The molecule has 1 aromatic carbocycles. The molecule has 1 saturated carbocycles. The fourth-order valence-corrected chi connectivity index (χ4v) is 6.14. The van der Waals surface area contributed by atoms with Crippen LogP contribution in [-0.4, -0.2) is 55.1 Å². The van der Waals surface area contributed by atoms with E-state index < -0.39 is 12.2 Å². The fourth-order valence-electron chi connectivity index (χ4n) is 6.14. The van der Waals surface area contributed by atoms with Gasteiger partial charge in [-0.15, -0.1) is 0 Å². The van der Waals surface area contributed by atoms with Crippen molar-refractivity contribution in [3.05, 3.63) is 23.3 Å². The number of halogens is 1. The number of nitrogens with zero attached hydrogens (tertiary/aromatic N) is 1. The third-order valence-electron chi connectivity index (χ3n) is 6.98. The van der Waals surface area contributed by atoms with Gasteiger partial charge in [0.25, 0.3) is 0 Å². The average molecular weight is 515 g/mol. The minimum atomic E-state index is -0.488. The average Bonchev–Trinajstić information content (AvgIpc) is 3.19. The van der Waals surface area contributed by atoms with Gasteiger partial charge in [-0.05, 0) is 24.1 Å². The first-order valence-electron chi connectivity index (χ1n) is 9.97. The Labute approximate surface area is 187 Å². The minimum absolute atomic E-state index is 0. The number of carbonyl (C=O) groups is 2. The zero-order valence-electron chi connectivity index (χ0n) is 16.9. The Hall–Kier alpha value is -1.55. The van der Waals surface area contributed by atoms with Gasteiger partial charge in [-0.3, -0.25) is 9.59 Å². The van der Waals surface area contributed by atoms with Crippen LogP contribution in [-0.2, 0) is 25.6 Å². The number of benzene rings is 1. The molecule has 158 valence electrons. The molecule has 5 rings (SSSR count). The van der Waals surface area contributed by atoms with Crippen LogP contribution >= 0.6 is 0 Å². The molecule has 0 aromatic heterocycles. The van der Waals surface area contributed by atoms with Gasteiger partial charge in [-0.25, -0.2) is 0 Å². The van der Waals surface area contributed by atoms with Crippen LogP contribution in [0.5, 0.6) is 11.5 Å². The number of hydrogen-bond acceptors (Lipinski definition) is 6. The Balaban J connectivity index is 0.00000205. The summed E-state index contributed by atoms with van der Waals surface area (Å²) in [5.74, 6) is 1.23. The molecule has 29 heavy (non-hydrogen) atoms. The topological polar surface area (TPSA) is 71.1 Å². The highest BCUT2D eigenvalue weighted by Crippen LogP contribution is 2.55. The van der Waals surface area contributed by atoms with E-state index in [0.717, 1.165) is 47.5 Å². The van der Waals surface area contributed by atoms with Crippen LogP contribution in [0.1, 0.15) is 43.7 Å². The molecule has 0 bridgehead atoms. The Kier molecular flexibility index (Phi) is 5.21. The Morgan fingerprint density at radius 3 is 2.48 bits per heavy atom. The zero-order valence-corrected chi connectivity index (χ0v) is 19.0. The van der Waals surface area contributed by atoms with E-state index in [-0.39, 0.29) is 48.6 Å². The lowest BCUT2D eigenvalue weighted by Gasteiger charge is -2.52. The third kappa shape index (κ3) is 3.28. The Morgan fingerprint density at radius 2 is 1.79 bits per heavy atom. The molecular formula is C21H26INO6. The molecule has 1 saturated heterocycles. The van der Waals surface area contributed by atoms with Crippen molar-refractivity contribution >= 4 is 11.9 Å². The predicted octanol–water partition coefficient (Wildman–Crippen LogP) is -0.881. The molecular weight excluding hydrogens is 489 g/mol. The van der Waals surface area contributed by atoms with Crippen LogP contribution in [0.3, 0.4) is 0 Å². The van der Waals surface area contributed by atoms with Crippen molar-refractivity contribution in [2.24, 2.45) is 5.92 Å². The lowest BCUT2D eigenvalue weighted by atomic mass is 9.67. The van der Waals surface area contributed by atoms with Gasteiger partial charge in [0, 0.05) is 31.7 Å². The number of likely N-dealkylation sites (N-methyl/N-ethyl adjacent to an activating group) is 1. The summed E-state index contributed by atoms with van der Waals surface area (Å²) in [7, 11) is 2.29. The summed E-state index contributed by atoms with van der Waals surface area (Å²) in [6, 6.07) is 4.46. The summed E-state index contributed by atoms with van der Waals surface area (Å²) in [6.07, 6.45) is 0.920. The molecule has 0 amide bonds. The zero-order chi connectivity index (χ0) is 19.6. The summed E-state index contributed by atoms with van der Waals surface area (Å²) in [4.78, 5) is 23.7. The first-order valence-corrected chi connectivity index (χ1v) is 9.97. The lowest BCUT2D eigenvalue weighted by Crippen LogP contribution is -3.00. The maximum absolute atomic E-state index is 12.0. The van der Waals surface area contributed by atoms with Crippen molar-refractivity contribution in [2.45, 2.75) is 57.4 Å². The molecule has 3 unspecified atom stereocenters. The standard InChI is InChI=1S/C21H26NO6.HI/c1-11(23)27-18-6-13-4-5-22(3)9-14-7-16-17(26-10-25-16)8-15(14)19(20(13)22)21(18)28-12(2)24;/h7-8,13,18-21H,4-6,9-10H2,1-3H3;1H/q+1;/p-1/t13?,18-,19-,20?,21+,22?;/m0./s1. The van der Waals surface area contributed by atoms with Crippen LogP contribution in [0, 0.1) is 5.92 Å². The third-order valence-corrected chi connectivity index (χ3v) is 6.98. The summed E-state index contributed by atoms with van der Waals surface area (Å²) < 4.78 is 23.6. The molecule has 6 atom stereocenters. The van der Waals surface area contributed by atoms with E-state index in [1.807, 2.05) is 6.07 Å². The van der Waals surface area contributed by atoms with E-state index >= 15 is 0 Å². The SMILES string of the molecule is CC(=O)O[C@@H]1[C@@H](OC(C)=O)CC2CC[N+]3(C)Cc4cc5c(cc4[C@H]1C23)OCO5.[I-]. The normalized spacial score (nSPS) is 35.8. The molecule has 0 spiro atoms. The molecule has 2 fully saturated rings. The highest BCUT2D eigenvalue weighted by atomic mass is 127. The van der Waals surface area contributed by atoms with Gasteiger partial charge in [-0.1, -0.05) is 0 Å². The first-order chi connectivity index (χ1) is 13.4. The number of carbonyl (C=O) groups excluding carboxylic acids is 2. The Bertz CT molecular complexity index is 860. The summed E-state index contributed by atoms with van der Waals surface area (Å²) in [6.45, 7) is 5.06. The molecule has 3 heterocycles. The van der Waals surface area contributed by atoms with E-state index in [1.54, 1.807) is 0 Å². The van der Waals surface area contributed by atoms with Gasteiger partial charge in [0.1, 0.15) is 18.7 Å². The number of esters is 2. The highest BCUT2D eigenvalue weighted by Gasteiger charge is 2.61. The second kappa shape index (κ2) is 7.30. The largest absolute Gasteiger partial charge is 1.00 e. The van der Waals surface area contributed by atoms with E-state index in [9.17, 15) is 9.59 Å². The second-order valence-electron chi connectivity index (χ2n) is 8.79. The van der Waals surface area contributed by atoms with E-state index in [0.29, 0.717) is 12.0 Å². The second-order valence-corrected chi connectivity index (χ2v) is 8.79. The van der Waals surface area contributed by atoms with Gasteiger partial charge in [-0.2, -0.15) is 0 Å². The highest BCUT2D eigenvalue weighted by molar-refractivity contribution is 5.67. The monoisotopic (exact) mass is 515 g/mol. The number of ether oxygens (including phenoxy) is 4. The van der Waals surface area contributed by atoms with Crippen LogP contribution in [0.25, 0.3) is 0 Å². The maximum Gasteiger partial charge on any atom is 0.303 e. The number of rotatable bonds is 2. The summed E-state index contributed by atoms with van der Waals surface area (Å²) in [5, 5.41) is 0. The number of hydrogen-bond donors (Lipinski definition) is 0. The molecule has 1 aromatic rings. The van der Waals surface area contributed by atoms with Crippen molar-refractivity contribution < 1.29 is 57.0 Å². The quantitative estimate of drug-likeness (QED) is 0.290. The van der Waals surface area contributed by atoms with Crippen molar-refractivity contribution in [3.8, 4) is 11.5 Å². The molecule has 7 nitrogen and oxygen atoms in total. The lowest BCUT2D eigenvalue weighted by molar-refractivity contribution is -0.940. The molecule has 8 heteroatoms. The van der Waals surface area contributed by atoms with E-state index in [2.05, 4.69) is 13.1 Å². The molecule has 4 aliphatic rings. The van der Waals surface area contributed by atoms with Gasteiger partial charge in [0.2, 0.25) is 6.79 Å². The first kappa shape index (κ1) is 20.7. The van der Waals surface area contributed by atoms with Crippen molar-refractivity contribution in [2.75, 3.05) is 20.4 Å². The molecule has 1 aliphatic carbocycles. The number of fused-ring (bicyclic) bond motifs is 3. The van der Waals surface area contributed by atoms with Crippen LogP contribution in [0.2, 0.25) is 0 Å². The molecule has 3 aliphatic heterocycles. The minimum Gasteiger partial charge on any atom is -1.00 e. The predicted molar refractivity (Wildman–Crippen MR) is 97.7 cm³/mol. The van der Waals surface area contributed by atoms with Crippen molar-refractivity contribution in [1.82, 2.24) is 0 Å². The molecule has 0 radical (unpaired) electrons. The maximum atomic E-state index is 12.0. The van der Waals surface area contributed by atoms with Gasteiger partial charge in [0.15, 0.2) is 17.6 Å². The van der Waals surface area contributed by atoms with Crippen molar-refractivity contribution in [1.29, 1.82) is 0 Å². The van der Waals surface area contributed by atoms with Gasteiger partial charge >= 0.3 is 11.9 Å². The molecule has 0 N–H and O–H groups in total. The van der Waals surface area contributed by atoms with Crippen LogP contribution < -0.4 is 33.5 Å². The smallest absolute Gasteiger partial charge is 0.303 e. The number of quaternary nitrogens is 1. The van der Waals surface area contributed by atoms with Crippen molar-refractivity contribution in [3.63, 3.8) is 0 Å².